The van der Waals surface area contributed by atoms with Crippen molar-refractivity contribution in [3.63, 3.8) is 0 Å². The lowest BCUT2D eigenvalue weighted by atomic mass is 10.2. The van der Waals surface area contributed by atoms with E-state index in [-0.39, 0.29) is 17.1 Å². The van der Waals surface area contributed by atoms with Crippen LogP contribution in [0, 0.1) is 0 Å². The summed E-state index contributed by atoms with van der Waals surface area (Å²) in [7, 11) is 1.63. The second-order valence-electron chi connectivity index (χ2n) is 4.59. The number of amides is 1. The van der Waals surface area contributed by atoms with Gasteiger partial charge in [-0.1, -0.05) is 0 Å². The zero-order chi connectivity index (χ0) is 15.7. The number of rotatable bonds is 4. The first kappa shape index (κ1) is 14.5. The van der Waals surface area contributed by atoms with E-state index in [1.165, 1.54) is 28.5 Å². The predicted molar refractivity (Wildman–Crippen MR) is 75.9 cm³/mol. The zero-order valence-corrected chi connectivity index (χ0v) is 12.3. The quantitative estimate of drug-likeness (QED) is 0.739. The number of halogens is 2. The minimum absolute atomic E-state index is 0.273. The number of pyridine rings is 1. The van der Waals surface area contributed by atoms with Crippen molar-refractivity contribution in [3.05, 3.63) is 46.3 Å². The van der Waals surface area contributed by atoms with Gasteiger partial charge in [-0.15, -0.1) is 21.5 Å². The van der Waals surface area contributed by atoms with Gasteiger partial charge in [0, 0.05) is 24.8 Å². The molecule has 1 amide bonds. The van der Waals surface area contributed by atoms with Gasteiger partial charge in [0.05, 0.1) is 12.1 Å². The summed E-state index contributed by atoms with van der Waals surface area (Å²) in [4.78, 5) is 18.0. The van der Waals surface area contributed by atoms with Gasteiger partial charge in [0.1, 0.15) is 5.01 Å². The normalized spacial score (nSPS) is 11.3. The van der Waals surface area contributed by atoms with Gasteiger partial charge < -0.3 is 4.90 Å². The monoisotopic (exact) mass is 323 g/mol. The second kappa shape index (κ2) is 5.76. The first-order valence-corrected chi connectivity index (χ1v) is 7.21. The molecule has 0 fully saturated rings. The topological polar surface area (TPSA) is 63.4 Å². The molecule has 0 spiro atoms. The maximum atomic E-state index is 12.8. The number of fused-ring (bicyclic) bond motifs is 1. The van der Waals surface area contributed by atoms with Gasteiger partial charge in [-0.3, -0.25) is 9.20 Å². The van der Waals surface area contributed by atoms with Crippen molar-refractivity contribution >= 4 is 22.9 Å². The lowest BCUT2D eigenvalue weighted by Gasteiger charge is -2.15. The van der Waals surface area contributed by atoms with Crippen molar-refractivity contribution < 1.29 is 13.6 Å². The Balaban J connectivity index is 1.88. The lowest BCUT2D eigenvalue weighted by molar-refractivity contribution is 0.0784. The Labute approximate surface area is 128 Å². The molecule has 0 bridgehead atoms. The van der Waals surface area contributed by atoms with E-state index in [0.29, 0.717) is 6.54 Å². The van der Waals surface area contributed by atoms with Crippen LogP contribution >= 0.6 is 11.3 Å². The molecule has 0 radical (unpaired) electrons. The molecule has 0 aromatic carbocycles. The fourth-order valence-electron chi connectivity index (χ4n) is 2.01. The van der Waals surface area contributed by atoms with Crippen molar-refractivity contribution in [2.75, 3.05) is 7.05 Å². The van der Waals surface area contributed by atoms with E-state index in [1.807, 2.05) is 5.38 Å². The largest absolute Gasteiger partial charge is 0.335 e. The van der Waals surface area contributed by atoms with Crippen LogP contribution in [0.15, 0.2) is 29.9 Å². The van der Waals surface area contributed by atoms with E-state index in [0.717, 1.165) is 9.41 Å². The Bertz CT molecular complexity index is 802. The van der Waals surface area contributed by atoms with Gasteiger partial charge in [-0.2, -0.15) is 0 Å². The van der Waals surface area contributed by atoms with E-state index >= 15 is 0 Å². The van der Waals surface area contributed by atoms with Crippen LogP contribution in [0.25, 0.3) is 5.65 Å². The Morgan fingerprint density at radius 2 is 2.23 bits per heavy atom. The smallest absolute Gasteiger partial charge is 0.297 e. The van der Waals surface area contributed by atoms with Crippen LogP contribution in [-0.2, 0) is 6.54 Å². The van der Waals surface area contributed by atoms with Crippen molar-refractivity contribution in [2.24, 2.45) is 0 Å². The molecular weight excluding hydrogens is 312 g/mol. The highest BCUT2D eigenvalue weighted by molar-refractivity contribution is 7.09. The third kappa shape index (κ3) is 2.67. The van der Waals surface area contributed by atoms with Gasteiger partial charge in [0.25, 0.3) is 12.3 Å². The van der Waals surface area contributed by atoms with Gasteiger partial charge in [0.2, 0.25) is 5.82 Å². The minimum Gasteiger partial charge on any atom is -0.335 e. The molecule has 6 nitrogen and oxygen atoms in total. The number of hydrogen-bond acceptors (Lipinski definition) is 5. The summed E-state index contributed by atoms with van der Waals surface area (Å²) in [5.41, 5.74) is 0.558. The van der Waals surface area contributed by atoms with Crippen molar-refractivity contribution in [1.29, 1.82) is 0 Å². The molecule has 3 heterocycles. The summed E-state index contributed by atoms with van der Waals surface area (Å²) >= 11 is 1.44. The molecule has 0 saturated carbocycles. The second-order valence-corrected chi connectivity index (χ2v) is 5.57. The molecule has 0 aliphatic heterocycles. The van der Waals surface area contributed by atoms with Gasteiger partial charge in [-0.25, -0.2) is 13.8 Å². The van der Waals surface area contributed by atoms with E-state index in [4.69, 9.17) is 0 Å². The van der Waals surface area contributed by atoms with Crippen LogP contribution in [0.4, 0.5) is 8.78 Å². The average molecular weight is 323 g/mol. The highest BCUT2D eigenvalue weighted by Gasteiger charge is 2.18. The average Bonchev–Trinajstić information content (AvgIpc) is 3.14. The number of nitrogens with zero attached hydrogens (tertiary/aromatic N) is 5. The predicted octanol–water partition coefficient (Wildman–Crippen LogP) is 2.40. The molecule has 9 heteroatoms. The number of alkyl halides is 2. The summed E-state index contributed by atoms with van der Waals surface area (Å²) in [5.74, 6) is -0.766. The summed E-state index contributed by atoms with van der Waals surface area (Å²) in [5, 5.41) is 9.70. The molecular formula is C13H11F2N5OS. The van der Waals surface area contributed by atoms with Gasteiger partial charge >= 0.3 is 0 Å². The first-order chi connectivity index (χ1) is 10.6. The Morgan fingerprint density at radius 3 is 2.91 bits per heavy atom. The molecule has 0 unspecified atom stereocenters. The molecule has 0 N–H and O–H groups in total. The SMILES string of the molecule is CN(Cc1nccs1)C(=O)c1ccc2nnc(C(F)F)n2c1. The van der Waals surface area contributed by atoms with Crippen LogP contribution in [0.3, 0.4) is 0 Å². The van der Waals surface area contributed by atoms with Crippen LogP contribution in [0.1, 0.15) is 27.6 Å². The van der Waals surface area contributed by atoms with Crippen LogP contribution in [0.5, 0.6) is 0 Å². The maximum Gasteiger partial charge on any atom is 0.297 e. The Hall–Kier alpha value is -2.42. The van der Waals surface area contributed by atoms with E-state index in [9.17, 15) is 13.6 Å². The molecule has 0 aliphatic rings. The summed E-state index contributed by atoms with van der Waals surface area (Å²) in [6.45, 7) is 0.360. The van der Waals surface area contributed by atoms with Gasteiger partial charge in [-0.05, 0) is 12.1 Å². The van der Waals surface area contributed by atoms with Crippen LogP contribution < -0.4 is 0 Å². The molecule has 3 aromatic rings. The number of carbonyl (C=O) groups is 1. The molecule has 114 valence electrons. The van der Waals surface area contributed by atoms with E-state index < -0.39 is 12.2 Å². The number of aromatic nitrogens is 4. The highest BCUT2D eigenvalue weighted by atomic mass is 32.1. The third-order valence-electron chi connectivity index (χ3n) is 3.07. The van der Waals surface area contributed by atoms with Crippen LogP contribution in [-0.4, -0.2) is 37.4 Å². The molecule has 22 heavy (non-hydrogen) atoms. The Kier molecular flexibility index (Phi) is 3.80. The fourth-order valence-corrected chi connectivity index (χ4v) is 2.68. The molecule has 3 aromatic heterocycles. The zero-order valence-electron chi connectivity index (χ0n) is 11.5. The van der Waals surface area contributed by atoms with Crippen molar-refractivity contribution in [3.8, 4) is 0 Å². The van der Waals surface area contributed by atoms with E-state index in [2.05, 4.69) is 15.2 Å². The molecule has 0 atom stereocenters. The van der Waals surface area contributed by atoms with E-state index in [1.54, 1.807) is 19.3 Å². The van der Waals surface area contributed by atoms with Crippen molar-refractivity contribution in [2.45, 2.75) is 13.0 Å². The molecule has 0 aliphatic carbocycles. The highest BCUT2D eigenvalue weighted by Crippen LogP contribution is 2.18. The third-order valence-corrected chi connectivity index (χ3v) is 3.84. The summed E-state index contributed by atoms with van der Waals surface area (Å²) in [6.07, 6.45) is 0.238. The summed E-state index contributed by atoms with van der Waals surface area (Å²) < 4.78 is 26.8. The summed E-state index contributed by atoms with van der Waals surface area (Å²) in [6, 6.07) is 3.03. The molecule has 3 rings (SSSR count). The van der Waals surface area contributed by atoms with Crippen molar-refractivity contribution in [1.82, 2.24) is 24.5 Å². The number of hydrogen-bond donors (Lipinski definition) is 0. The standard InChI is InChI=1S/C13H11F2N5OS/c1-19(7-10-16-4-5-22-10)13(21)8-2-3-9-17-18-12(11(14)15)20(9)6-8/h2-6,11H,7H2,1H3. The number of carbonyl (C=O) groups excluding carboxylic acids is 1. The van der Waals surface area contributed by atoms with Gasteiger partial charge in [0.15, 0.2) is 5.65 Å². The minimum atomic E-state index is -2.76. The lowest BCUT2D eigenvalue weighted by Crippen LogP contribution is -2.26. The fraction of sp³-hybridized carbons (Fsp3) is 0.231. The first-order valence-electron chi connectivity index (χ1n) is 6.33. The van der Waals surface area contributed by atoms with Crippen LogP contribution in [0.2, 0.25) is 0 Å². The Morgan fingerprint density at radius 1 is 1.41 bits per heavy atom. The molecule has 0 saturated heterocycles. The maximum absolute atomic E-state index is 12.8. The number of thiazole rings is 1.